The van der Waals surface area contributed by atoms with E-state index in [1.165, 1.54) is 17.5 Å². The van der Waals surface area contributed by atoms with E-state index in [9.17, 15) is 4.79 Å². The normalized spacial score (nSPS) is 17.3. The van der Waals surface area contributed by atoms with E-state index in [0.717, 1.165) is 32.0 Å². The Hall–Kier alpha value is -2.67. The number of benzene rings is 1. The van der Waals surface area contributed by atoms with Crippen molar-refractivity contribution in [1.29, 1.82) is 0 Å². The number of hydrogen-bond acceptors (Lipinski definition) is 5. The van der Waals surface area contributed by atoms with Crippen molar-refractivity contribution in [2.45, 2.75) is 33.0 Å². The van der Waals surface area contributed by atoms with Crippen LogP contribution < -0.4 is 10.2 Å². The summed E-state index contributed by atoms with van der Waals surface area (Å²) < 4.78 is 0. The van der Waals surface area contributed by atoms with Gasteiger partial charge in [-0.1, -0.05) is 24.3 Å². The maximum absolute atomic E-state index is 12.6. The Morgan fingerprint density at radius 1 is 1.04 bits per heavy atom. The Labute approximate surface area is 160 Å². The number of aromatic nitrogens is 2. The first-order valence-electron chi connectivity index (χ1n) is 9.54. The third kappa shape index (κ3) is 3.88. The minimum absolute atomic E-state index is 0.125. The molecular weight excluding hydrogens is 340 g/mol. The molecule has 2 amide bonds. The molecule has 0 radical (unpaired) electrons. The van der Waals surface area contributed by atoms with Crippen molar-refractivity contribution in [2.75, 3.05) is 36.4 Å². The van der Waals surface area contributed by atoms with Gasteiger partial charge >= 0.3 is 6.03 Å². The first kappa shape index (κ1) is 17.7. The van der Waals surface area contributed by atoms with Gasteiger partial charge in [0.15, 0.2) is 0 Å². The van der Waals surface area contributed by atoms with Gasteiger partial charge in [-0.25, -0.2) is 14.8 Å². The van der Waals surface area contributed by atoms with Gasteiger partial charge in [-0.05, 0) is 25.0 Å². The molecule has 1 aromatic heterocycles. The van der Waals surface area contributed by atoms with Crippen LogP contribution >= 0.6 is 0 Å². The van der Waals surface area contributed by atoms with Gasteiger partial charge in [0.05, 0.1) is 0 Å². The largest absolute Gasteiger partial charge is 0.354 e. The van der Waals surface area contributed by atoms with Gasteiger partial charge in [0.2, 0.25) is 0 Å². The number of urea groups is 1. The number of nitrogens with zero attached hydrogens (tertiary/aromatic N) is 5. The third-order valence-electron chi connectivity index (χ3n) is 5.38. The van der Waals surface area contributed by atoms with Crippen molar-refractivity contribution in [2.24, 2.45) is 0 Å². The number of piperazine rings is 1. The Kier molecular flexibility index (Phi) is 4.94. The number of anilines is 2. The zero-order valence-electron chi connectivity index (χ0n) is 15.9. The van der Waals surface area contributed by atoms with E-state index in [-0.39, 0.29) is 6.03 Å². The molecule has 0 saturated carbocycles. The summed E-state index contributed by atoms with van der Waals surface area (Å²) in [6, 6.07) is 10.5. The summed E-state index contributed by atoms with van der Waals surface area (Å²) in [5.74, 6) is 1.42. The number of carbonyl (C=O) groups excluding carboxylic acids is 1. The minimum atomic E-state index is -0.125. The fourth-order valence-electron chi connectivity index (χ4n) is 3.72. The number of amides is 2. The van der Waals surface area contributed by atoms with Crippen molar-refractivity contribution in [1.82, 2.24) is 19.8 Å². The van der Waals surface area contributed by atoms with Gasteiger partial charge in [-0.2, -0.15) is 0 Å². The summed E-state index contributed by atoms with van der Waals surface area (Å²) in [4.78, 5) is 27.8. The lowest BCUT2D eigenvalue weighted by atomic mass is 10.1. The van der Waals surface area contributed by atoms with Crippen LogP contribution in [0.3, 0.4) is 0 Å². The van der Waals surface area contributed by atoms with Crippen molar-refractivity contribution in [3.05, 3.63) is 47.8 Å². The van der Waals surface area contributed by atoms with Crippen LogP contribution in [0.25, 0.3) is 0 Å². The Morgan fingerprint density at radius 3 is 2.33 bits per heavy atom. The zero-order valence-corrected chi connectivity index (χ0v) is 15.9. The van der Waals surface area contributed by atoms with Crippen LogP contribution in [0.15, 0.2) is 36.7 Å². The quantitative estimate of drug-likeness (QED) is 0.904. The molecule has 0 aliphatic carbocycles. The van der Waals surface area contributed by atoms with Gasteiger partial charge < -0.3 is 9.80 Å². The molecule has 1 saturated heterocycles. The van der Waals surface area contributed by atoms with Crippen LogP contribution in [0.2, 0.25) is 0 Å². The van der Waals surface area contributed by atoms with Crippen LogP contribution in [-0.2, 0) is 13.1 Å². The Bertz CT molecular complexity index is 791. The van der Waals surface area contributed by atoms with Gasteiger partial charge in [0.25, 0.3) is 0 Å². The van der Waals surface area contributed by atoms with E-state index in [4.69, 9.17) is 0 Å². The lowest BCUT2D eigenvalue weighted by molar-refractivity contribution is 0.209. The molecule has 0 bridgehead atoms. The second-order valence-corrected chi connectivity index (χ2v) is 7.43. The highest BCUT2D eigenvalue weighted by atomic mass is 16.2. The lowest BCUT2D eigenvalue weighted by Gasteiger charge is -2.37. The maximum Gasteiger partial charge on any atom is 0.323 e. The average Bonchev–Trinajstić information content (AvgIpc) is 3.13. The van der Waals surface area contributed by atoms with E-state index in [2.05, 4.69) is 51.1 Å². The fraction of sp³-hybridized carbons (Fsp3) is 0.450. The van der Waals surface area contributed by atoms with Crippen molar-refractivity contribution in [3.63, 3.8) is 0 Å². The molecule has 2 aliphatic rings. The summed E-state index contributed by atoms with van der Waals surface area (Å²) >= 11 is 0. The molecule has 27 heavy (non-hydrogen) atoms. The molecule has 3 heterocycles. The summed E-state index contributed by atoms with van der Waals surface area (Å²) in [6.45, 7) is 9.64. The molecule has 7 nitrogen and oxygen atoms in total. The second-order valence-electron chi connectivity index (χ2n) is 7.43. The summed E-state index contributed by atoms with van der Waals surface area (Å²) in [6.07, 6.45) is 1.53. The highest BCUT2D eigenvalue weighted by Crippen LogP contribution is 2.23. The van der Waals surface area contributed by atoms with E-state index in [1.54, 1.807) is 4.90 Å². The summed E-state index contributed by atoms with van der Waals surface area (Å²) in [5, 5.41) is 2.92. The molecule has 0 unspecified atom stereocenters. The topological polar surface area (TPSA) is 64.6 Å². The lowest BCUT2D eigenvalue weighted by Crippen LogP contribution is -2.49. The maximum atomic E-state index is 12.6. The van der Waals surface area contributed by atoms with E-state index < -0.39 is 0 Å². The van der Waals surface area contributed by atoms with Crippen molar-refractivity contribution < 1.29 is 4.79 Å². The van der Waals surface area contributed by atoms with Crippen LogP contribution in [0.5, 0.6) is 0 Å². The highest BCUT2D eigenvalue weighted by molar-refractivity contribution is 5.89. The van der Waals surface area contributed by atoms with Crippen LogP contribution in [0.4, 0.5) is 16.4 Å². The minimum Gasteiger partial charge on any atom is -0.354 e. The van der Waals surface area contributed by atoms with Crippen LogP contribution in [0, 0.1) is 0 Å². The number of hydrogen-bond donors (Lipinski definition) is 1. The molecule has 1 N–H and O–H groups in total. The van der Waals surface area contributed by atoms with E-state index >= 15 is 0 Å². The number of carbonyl (C=O) groups is 1. The molecule has 1 aromatic carbocycles. The number of rotatable bonds is 3. The fourth-order valence-corrected chi connectivity index (χ4v) is 3.72. The summed E-state index contributed by atoms with van der Waals surface area (Å²) in [7, 11) is 0. The molecule has 7 heteroatoms. The molecule has 2 aromatic rings. The van der Waals surface area contributed by atoms with Crippen LogP contribution in [-0.4, -0.2) is 58.0 Å². The third-order valence-corrected chi connectivity index (χ3v) is 5.38. The van der Waals surface area contributed by atoms with Gasteiger partial charge in [0, 0.05) is 51.4 Å². The van der Waals surface area contributed by atoms with Gasteiger partial charge in [0.1, 0.15) is 18.0 Å². The van der Waals surface area contributed by atoms with E-state index in [0.29, 0.717) is 24.9 Å². The summed E-state index contributed by atoms with van der Waals surface area (Å²) in [5.41, 5.74) is 2.41. The SMILES string of the molecule is CC(C)N1CCN(c2cc(NC(=O)N3Cc4ccccc4C3)ncn2)CC1. The van der Waals surface area contributed by atoms with Gasteiger partial charge in [-0.15, -0.1) is 0 Å². The standard InChI is InChI=1S/C20H26N6O/c1-15(2)24-7-9-25(10-8-24)19-11-18(21-14-22-19)23-20(27)26-12-16-5-3-4-6-17(16)13-26/h3-6,11,14-15H,7-10,12-13H2,1-2H3,(H,21,22,23,27). The van der Waals surface area contributed by atoms with Crippen molar-refractivity contribution in [3.8, 4) is 0 Å². The molecule has 4 rings (SSSR count). The molecule has 0 atom stereocenters. The molecule has 2 aliphatic heterocycles. The Morgan fingerprint density at radius 2 is 1.70 bits per heavy atom. The Balaban J connectivity index is 1.38. The zero-order chi connectivity index (χ0) is 18.8. The predicted octanol–water partition coefficient (Wildman–Crippen LogP) is 2.55. The second kappa shape index (κ2) is 7.52. The molecular formula is C20H26N6O. The van der Waals surface area contributed by atoms with E-state index in [1.807, 2.05) is 18.2 Å². The first-order valence-corrected chi connectivity index (χ1v) is 9.54. The average molecular weight is 366 g/mol. The number of fused-ring (bicyclic) bond motifs is 1. The van der Waals surface area contributed by atoms with Gasteiger partial charge in [-0.3, -0.25) is 10.2 Å². The number of nitrogens with one attached hydrogen (secondary N) is 1. The highest BCUT2D eigenvalue weighted by Gasteiger charge is 2.24. The smallest absolute Gasteiger partial charge is 0.323 e. The van der Waals surface area contributed by atoms with Crippen LogP contribution in [0.1, 0.15) is 25.0 Å². The molecule has 1 fully saturated rings. The first-order chi connectivity index (χ1) is 13.1. The predicted molar refractivity (Wildman–Crippen MR) is 106 cm³/mol. The molecule has 142 valence electrons. The van der Waals surface area contributed by atoms with Crippen molar-refractivity contribution >= 4 is 17.7 Å². The monoisotopic (exact) mass is 366 g/mol. The molecule has 0 spiro atoms.